The predicted molar refractivity (Wildman–Crippen MR) is 99.1 cm³/mol. The number of aryl methyl sites for hydroxylation is 4. The third-order valence-electron chi connectivity index (χ3n) is 4.33. The molecule has 0 spiro atoms. The molecule has 3 rings (SSSR count). The number of hydrogen-bond donors (Lipinski definition) is 3. The van der Waals surface area contributed by atoms with Crippen molar-refractivity contribution in [2.24, 2.45) is 0 Å². The van der Waals surface area contributed by atoms with Crippen molar-refractivity contribution in [3.63, 3.8) is 0 Å². The third-order valence-corrected chi connectivity index (χ3v) is 4.33. The van der Waals surface area contributed by atoms with E-state index >= 15 is 0 Å². The second-order valence-corrected chi connectivity index (χ2v) is 6.34. The van der Waals surface area contributed by atoms with Gasteiger partial charge in [-0.25, -0.2) is 0 Å². The van der Waals surface area contributed by atoms with Crippen molar-refractivity contribution in [1.82, 2.24) is 0 Å². The van der Waals surface area contributed by atoms with Crippen molar-refractivity contribution in [3.05, 3.63) is 89.0 Å². The van der Waals surface area contributed by atoms with Crippen LogP contribution in [0.3, 0.4) is 0 Å². The summed E-state index contributed by atoms with van der Waals surface area (Å²) in [5, 5.41) is 28.4. The van der Waals surface area contributed by atoms with Crippen LogP contribution in [0.25, 0.3) is 0 Å². The van der Waals surface area contributed by atoms with Crippen LogP contribution in [0.1, 0.15) is 22.3 Å². The van der Waals surface area contributed by atoms with Crippen LogP contribution in [0.5, 0.6) is 17.2 Å². The van der Waals surface area contributed by atoms with E-state index < -0.39 is 0 Å². The van der Waals surface area contributed by atoms with Crippen LogP contribution in [0.4, 0.5) is 0 Å². The molecule has 3 heteroatoms. The van der Waals surface area contributed by atoms with Crippen molar-refractivity contribution in [3.8, 4) is 17.2 Å². The Morgan fingerprint density at radius 3 is 1.20 bits per heavy atom. The molecule has 0 radical (unpaired) electrons. The first-order valence-electron chi connectivity index (χ1n) is 8.46. The second-order valence-electron chi connectivity index (χ2n) is 6.34. The first-order valence-corrected chi connectivity index (χ1v) is 8.46. The highest BCUT2D eigenvalue weighted by atomic mass is 16.3. The van der Waals surface area contributed by atoms with Gasteiger partial charge < -0.3 is 15.3 Å². The molecule has 3 aromatic carbocycles. The molecule has 0 aliphatic rings. The van der Waals surface area contributed by atoms with Gasteiger partial charge in [0, 0.05) is 6.07 Å². The smallest absolute Gasteiger partial charge is 0.119 e. The average molecular weight is 334 g/mol. The molecule has 0 aliphatic carbocycles. The SMILES string of the molecule is Oc1ccc(CCc2ccc(CCc3cc(O)cc(O)c3)cc2)cc1. The highest BCUT2D eigenvalue weighted by Crippen LogP contribution is 2.21. The number of benzene rings is 3. The number of rotatable bonds is 6. The maximum absolute atomic E-state index is 9.52. The largest absolute Gasteiger partial charge is 0.508 e. The topological polar surface area (TPSA) is 60.7 Å². The number of aromatic hydroxyl groups is 3. The Hall–Kier alpha value is -2.94. The lowest BCUT2D eigenvalue weighted by atomic mass is 10.00. The molecule has 0 fully saturated rings. The van der Waals surface area contributed by atoms with Gasteiger partial charge in [0.2, 0.25) is 0 Å². The Kier molecular flexibility index (Phi) is 5.24. The van der Waals surface area contributed by atoms with E-state index in [2.05, 4.69) is 24.3 Å². The van der Waals surface area contributed by atoms with Crippen LogP contribution in [0.2, 0.25) is 0 Å². The van der Waals surface area contributed by atoms with Crippen LogP contribution in [-0.2, 0) is 25.7 Å². The minimum atomic E-state index is 0.0968. The fourth-order valence-corrected chi connectivity index (χ4v) is 2.91. The molecular weight excluding hydrogens is 312 g/mol. The van der Waals surface area contributed by atoms with Gasteiger partial charge in [-0.05, 0) is 72.2 Å². The monoisotopic (exact) mass is 334 g/mol. The molecule has 0 aliphatic heterocycles. The highest BCUT2D eigenvalue weighted by molar-refractivity contribution is 5.37. The minimum absolute atomic E-state index is 0.0968. The van der Waals surface area contributed by atoms with Crippen LogP contribution < -0.4 is 0 Å². The molecule has 3 aromatic rings. The molecule has 0 atom stereocenters. The van der Waals surface area contributed by atoms with Crippen molar-refractivity contribution in [1.29, 1.82) is 0 Å². The summed E-state index contributed by atoms with van der Waals surface area (Å²) in [6, 6.07) is 20.6. The fourth-order valence-electron chi connectivity index (χ4n) is 2.91. The average Bonchev–Trinajstić information content (AvgIpc) is 2.60. The molecule has 0 bridgehead atoms. The van der Waals surface area contributed by atoms with E-state index in [0.717, 1.165) is 31.2 Å². The maximum Gasteiger partial charge on any atom is 0.119 e. The van der Waals surface area contributed by atoms with Crippen LogP contribution in [0.15, 0.2) is 66.7 Å². The lowest BCUT2D eigenvalue weighted by molar-refractivity contribution is 0.449. The van der Waals surface area contributed by atoms with E-state index in [0.29, 0.717) is 5.75 Å². The summed E-state index contributed by atoms with van der Waals surface area (Å²) >= 11 is 0. The van der Waals surface area contributed by atoms with Gasteiger partial charge in [-0.3, -0.25) is 0 Å². The van der Waals surface area contributed by atoms with Gasteiger partial charge in [0.05, 0.1) is 0 Å². The van der Waals surface area contributed by atoms with Crippen LogP contribution in [0, 0.1) is 0 Å². The minimum Gasteiger partial charge on any atom is -0.508 e. The van der Waals surface area contributed by atoms with Crippen molar-refractivity contribution in [2.75, 3.05) is 0 Å². The van der Waals surface area contributed by atoms with Gasteiger partial charge in [0.1, 0.15) is 17.2 Å². The molecule has 0 saturated carbocycles. The first-order chi connectivity index (χ1) is 12.1. The lowest BCUT2D eigenvalue weighted by Crippen LogP contribution is -1.94. The zero-order valence-corrected chi connectivity index (χ0v) is 14.0. The molecule has 0 heterocycles. The first kappa shape index (κ1) is 16.9. The molecular formula is C22H22O3. The molecule has 3 N–H and O–H groups in total. The number of phenolic OH excluding ortho intramolecular Hbond substituents is 3. The predicted octanol–water partition coefficient (Wildman–Crippen LogP) is 4.37. The van der Waals surface area contributed by atoms with Gasteiger partial charge >= 0.3 is 0 Å². The van der Waals surface area contributed by atoms with E-state index in [1.807, 2.05) is 12.1 Å². The van der Waals surface area contributed by atoms with Gasteiger partial charge in [0.25, 0.3) is 0 Å². The standard InChI is InChI=1S/C22H22O3/c23-20-11-9-18(10-12-20)6-5-16-1-3-17(4-2-16)7-8-19-13-21(24)15-22(25)14-19/h1-4,9-15,23-25H,5-8H2. The summed E-state index contributed by atoms with van der Waals surface area (Å²) in [6.07, 6.45) is 3.55. The van der Waals surface area contributed by atoms with Crippen molar-refractivity contribution in [2.45, 2.75) is 25.7 Å². The van der Waals surface area contributed by atoms with Crippen LogP contribution >= 0.6 is 0 Å². The van der Waals surface area contributed by atoms with Gasteiger partial charge in [0.15, 0.2) is 0 Å². The Bertz CT molecular complexity index is 801. The summed E-state index contributed by atoms with van der Waals surface area (Å²) in [4.78, 5) is 0. The summed E-state index contributed by atoms with van der Waals surface area (Å²) in [5.41, 5.74) is 4.66. The Morgan fingerprint density at radius 1 is 0.400 bits per heavy atom. The van der Waals surface area contributed by atoms with Gasteiger partial charge in [-0.1, -0.05) is 36.4 Å². The van der Waals surface area contributed by atoms with Crippen molar-refractivity contribution < 1.29 is 15.3 Å². The highest BCUT2D eigenvalue weighted by Gasteiger charge is 2.02. The zero-order chi connectivity index (χ0) is 17.6. The molecule has 0 aromatic heterocycles. The van der Waals surface area contributed by atoms with E-state index in [1.54, 1.807) is 24.3 Å². The van der Waals surface area contributed by atoms with E-state index in [1.165, 1.54) is 22.8 Å². The normalized spacial score (nSPS) is 10.7. The van der Waals surface area contributed by atoms with Crippen LogP contribution in [-0.4, -0.2) is 15.3 Å². The van der Waals surface area contributed by atoms with E-state index in [4.69, 9.17) is 0 Å². The second kappa shape index (κ2) is 7.75. The zero-order valence-electron chi connectivity index (χ0n) is 14.0. The Labute approximate surface area is 147 Å². The van der Waals surface area contributed by atoms with E-state index in [-0.39, 0.29) is 11.5 Å². The summed E-state index contributed by atoms with van der Waals surface area (Å²) in [7, 11) is 0. The summed E-state index contributed by atoms with van der Waals surface area (Å²) in [6.45, 7) is 0. The molecule has 3 nitrogen and oxygen atoms in total. The van der Waals surface area contributed by atoms with Gasteiger partial charge in [-0.15, -0.1) is 0 Å². The Morgan fingerprint density at radius 2 is 0.760 bits per heavy atom. The molecule has 128 valence electrons. The lowest BCUT2D eigenvalue weighted by Gasteiger charge is -2.06. The summed E-state index contributed by atoms with van der Waals surface area (Å²) in [5.74, 6) is 0.493. The molecule has 25 heavy (non-hydrogen) atoms. The van der Waals surface area contributed by atoms with E-state index in [9.17, 15) is 15.3 Å². The molecule has 0 amide bonds. The molecule has 0 unspecified atom stereocenters. The molecule has 0 saturated heterocycles. The Balaban J connectivity index is 1.54. The number of phenols is 3. The quantitative estimate of drug-likeness (QED) is 0.627. The maximum atomic E-state index is 9.52. The summed E-state index contributed by atoms with van der Waals surface area (Å²) < 4.78 is 0. The third kappa shape index (κ3) is 5.01. The van der Waals surface area contributed by atoms with Crippen molar-refractivity contribution >= 4 is 0 Å². The number of hydrogen-bond acceptors (Lipinski definition) is 3. The van der Waals surface area contributed by atoms with Gasteiger partial charge in [-0.2, -0.15) is 0 Å². The fraction of sp³-hybridized carbons (Fsp3) is 0.182.